The molecule has 3 rings (SSSR count). The molecule has 28 heavy (non-hydrogen) atoms. The van der Waals surface area contributed by atoms with Crippen molar-refractivity contribution in [1.29, 1.82) is 0 Å². The molecule has 1 unspecified atom stereocenters. The molecule has 3 aromatic rings. The summed E-state index contributed by atoms with van der Waals surface area (Å²) in [5.41, 5.74) is 2.71. The number of fused-ring (bicyclic) bond motifs is 1. The predicted molar refractivity (Wildman–Crippen MR) is 96.6 cm³/mol. The van der Waals surface area contributed by atoms with Gasteiger partial charge in [0.2, 0.25) is 5.91 Å². The zero-order valence-electron chi connectivity index (χ0n) is 15.7. The maximum Gasteiger partial charge on any atom is 0.453 e. The van der Waals surface area contributed by atoms with Crippen LogP contribution in [0.15, 0.2) is 30.3 Å². The van der Waals surface area contributed by atoms with Crippen molar-refractivity contribution in [3.63, 3.8) is 0 Å². The molecule has 0 aliphatic heterocycles. The SMILES string of the molecule is Cc1nc2nc(C(F)(F)F)nn2c(C)c1CCC(=O)NC(C)c1ccccc1. The number of nitrogens with zero attached hydrogens (tertiary/aromatic N) is 4. The molecule has 0 aliphatic rings. The van der Waals surface area contributed by atoms with Crippen molar-refractivity contribution in [1.82, 2.24) is 24.9 Å². The number of carbonyl (C=O) groups excluding carboxylic acids is 1. The fourth-order valence-corrected chi connectivity index (χ4v) is 3.07. The third kappa shape index (κ3) is 4.13. The van der Waals surface area contributed by atoms with Gasteiger partial charge in [-0.15, -0.1) is 5.10 Å². The number of aromatic nitrogens is 4. The van der Waals surface area contributed by atoms with E-state index >= 15 is 0 Å². The molecule has 0 radical (unpaired) electrons. The lowest BCUT2D eigenvalue weighted by molar-refractivity contribution is -0.144. The number of benzene rings is 1. The summed E-state index contributed by atoms with van der Waals surface area (Å²) in [6.45, 7) is 5.23. The molecule has 9 heteroatoms. The Labute approximate surface area is 159 Å². The fraction of sp³-hybridized carbons (Fsp3) is 0.368. The van der Waals surface area contributed by atoms with E-state index in [1.807, 2.05) is 37.3 Å². The molecule has 0 bridgehead atoms. The van der Waals surface area contributed by atoms with E-state index in [0.29, 0.717) is 23.4 Å². The first-order valence-corrected chi connectivity index (χ1v) is 8.81. The molecule has 6 nitrogen and oxygen atoms in total. The van der Waals surface area contributed by atoms with Gasteiger partial charge in [-0.3, -0.25) is 4.79 Å². The number of nitrogens with one attached hydrogen (secondary N) is 1. The lowest BCUT2D eigenvalue weighted by Crippen LogP contribution is -2.27. The number of hydrogen-bond donors (Lipinski definition) is 1. The lowest BCUT2D eigenvalue weighted by Gasteiger charge is -2.15. The second-order valence-corrected chi connectivity index (χ2v) is 6.61. The van der Waals surface area contributed by atoms with Crippen molar-refractivity contribution in [3.8, 4) is 0 Å². The minimum absolute atomic E-state index is 0.103. The standard InChI is InChI=1S/C19H20F3N5O/c1-11(14-7-5-4-6-8-14)23-16(28)10-9-15-12(2)24-18-25-17(19(20,21)22)26-27(18)13(15)3/h4-8,11H,9-10H2,1-3H3,(H,23,28). The molecule has 0 fully saturated rings. The average Bonchev–Trinajstić information content (AvgIpc) is 3.07. The van der Waals surface area contributed by atoms with E-state index in [2.05, 4.69) is 20.4 Å². The number of carbonyl (C=O) groups is 1. The number of rotatable bonds is 5. The van der Waals surface area contributed by atoms with E-state index < -0.39 is 12.0 Å². The van der Waals surface area contributed by atoms with Gasteiger partial charge in [0.25, 0.3) is 11.6 Å². The molecule has 148 valence electrons. The molecule has 2 aromatic heterocycles. The first-order chi connectivity index (χ1) is 13.2. The van der Waals surface area contributed by atoms with Gasteiger partial charge < -0.3 is 5.32 Å². The number of alkyl halides is 3. The van der Waals surface area contributed by atoms with Crippen molar-refractivity contribution in [2.24, 2.45) is 0 Å². The quantitative estimate of drug-likeness (QED) is 0.722. The van der Waals surface area contributed by atoms with E-state index in [4.69, 9.17) is 0 Å². The Balaban J connectivity index is 1.74. The van der Waals surface area contributed by atoms with Crippen LogP contribution in [0, 0.1) is 13.8 Å². The maximum absolute atomic E-state index is 12.9. The monoisotopic (exact) mass is 391 g/mol. The molecule has 1 amide bonds. The Kier molecular flexibility index (Phi) is 5.35. The molecular weight excluding hydrogens is 371 g/mol. The summed E-state index contributed by atoms with van der Waals surface area (Å²) >= 11 is 0. The van der Waals surface area contributed by atoms with Gasteiger partial charge in [0, 0.05) is 17.8 Å². The van der Waals surface area contributed by atoms with Gasteiger partial charge in [-0.2, -0.15) is 18.2 Å². The highest BCUT2D eigenvalue weighted by Crippen LogP contribution is 2.27. The van der Waals surface area contributed by atoms with Gasteiger partial charge in [-0.1, -0.05) is 30.3 Å². The normalized spacial score (nSPS) is 12.9. The highest BCUT2D eigenvalue weighted by molar-refractivity contribution is 5.76. The summed E-state index contributed by atoms with van der Waals surface area (Å²) in [6.07, 6.45) is -4.11. The van der Waals surface area contributed by atoms with Crippen LogP contribution in [-0.4, -0.2) is 25.5 Å². The van der Waals surface area contributed by atoms with Crippen LogP contribution in [0.2, 0.25) is 0 Å². The van der Waals surface area contributed by atoms with Crippen LogP contribution in [0.5, 0.6) is 0 Å². The van der Waals surface area contributed by atoms with Crippen molar-refractivity contribution in [2.45, 2.75) is 45.8 Å². The molecule has 0 saturated heterocycles. The first kappa shape index (κ1) is 19.8. The molecule has 0 spiro atoms. The Bertz CT molecular complexity index is 998. The summed E-state index contributed by atoms with van der Waals surface area (Å²) in [5.74, 6) is -1.48. The minimum Gasteiger partial charge on any atom is -0.350 e. The van der Waals surface area contributed by atoms with Gasteiger partial charge in [0.05, 0.1) is 6.04 Å². The molecule has 1 N–H and O–H groups in total. The van der Waals surface area contributed by atoms with Crippen molar-refractivity contribution in [2.75, 3.05) is 0 Å². The first-order valence-electron chi connectivity index (χ1n) is 8.81. The van der Waals surface area contributed by atoms with Crippen LogP contribution in [-0.2, 0) is 17.4 Å². The van der Waals surface area contributed by atoms with Crippen LogP contribution in [0.3, 0.4) is 0 Å². The van der Waals surface area contributed by atoms with E-state index in [-0.39, 0.29) is 24.1 Å². The predicted octanol–water partition coefficient (Wildman–Crippen LogP) is 3.57. The molecular formula is C19H20F3N5O. The number of hydrogen-bond acceptors (Lipinski definition) is 4. The van der Waals surface area contributed by atoms with Gasteiger partial charge >= 0.3 is 6.18 Å². The molecule has 0 saturated carbocycles. The van der Waals surface area contributed by atoms with Crippen molar-refractivity contribution >= 4 is 11.7 Å². The van der Waals surface area contributed by atoms with Crippen LogP contribution in [0.4, 0.5) is 13.2 Å². The summed E-state index contributed by atoms with van der Waals surface area (Å²) in [7, 11) is 0. The van der Waals surface area contributed by atoms with Gasteiger partial charge in [0.15, 0.2) is 0 Å². The summed E-state index contributed by atoms with van der Waals surface area (Å²) in [6, 6.07) is 9.43. The second kappa shape index (κ2) is 7.57. The largest absolute Gasteiger partial charge is 0.453 e. The second-order valence-electron chi connectivity index (χ2n) is 6.61. The highest BCUT2D eigenvalue weighted by Gasteiger charge is 2.36. The van der Waals surface area contributed by atoms with Crippen LogP contribution in [0.25, 0.3) is 5.78 Å². The molecule has 1 atom stereocenters. The third-order valence-electron chi connectivity index (χ3n) is 4.58. The Hall–Kier alpha value is -2.97. The Morgan fingerprint density at radius 1 is 1.18 bits per heavy atom. The minimum atomic E-state index is -4.64. The number of amides is 1. The van der Waals surface area contributed by atoms with Crippen molar-refractivity contribution in [3.05, 3.63) is 58.7 Å². The van der Waals surface area contributed by atoms with Crippen LogP contribution in [0.1, 0.15) is 47.7 Å². The topological polar surface area (TPSA) is 72.2 Å². The summed E-state index contributed by atoms with van der Waals surface area (Å²) < 4.78 is 39.6. The smallest absolute Gasteiger partial charge is 0.350 e. The fourth-order valence-electron chi connectivity index (χ4n) is 3.07. The zero-order chi connectivity index (χ0) is 20.5. The van der Waals surface area contributed by atoms with Crippen LogP contribution >= 0.6 is 0 Å². The zero-order valence-corrected chi connectivity index (χ0v) is 15.7. The molecule has 1 aromatic carbocycles. The summed E-state index contributed by atoms with van der Waals surface area (Å²) in [4.78, 5) is 19.9. The van der Waals surface area contributed by atoms with Crippen LogP contribution < -0.4 is 5.32 Å². The average molecular weight is 391 g/mol. The van der Waals surface area contributed by atoms with Crippen molar-refractivity contribution < 1.29 is 18.0 Å². The van der Waals surface area contributed by atoms with Gasteiger partial charge in [-0.25, -0.2) is 9.50 Å². The van der Waals surface area contributed by atoms with E-state index in [1.165, 1.54) is 0 Å². The molecule has 2 heterocycles. The number of aryl methyl sites for hydroxylation is 2. The third-order valence-corrected chi connectivity index (χ3v) is 4.58. The van der Waals surface area contributed by atoms with E-state index in [9.17, 15) is 18.0 Å². The Morgan fingerprint density at radius 3 is 2.50 bits per heavy atom. The van der Waals surface area contributed by atoms with Gasteiger partial charge in [0.1, 0.15) is 0 Å². The number of halogens is 3. The van der Waals surface area contributed by atoms with E-state index in [0.717, 1.165) is 10.1 Å². The summed E-state index contributed by atoms with van der Waals surface area (Å²) in [5, 5.41) is 6.44. The Morgan fingerprint density at radius 2 is 1.86 bits per heavy atom. The maximum atomic E-state index is 12.9. The van der Waals surface area contributed by atoms with E-state index in [1.54, 1.807) is 13.8 Å². The molecule has 0 aliphatic carbocycles. The highest BCUT2D eigenvalue weighted by atomic mass is 19.4. The van der Waals surface area contributed by atoms with Gasteiger partial charge in [-0.05, 0) is 38.3 Å². The lowest BCUT2D eigenvalue weighted by atomic mass is 10.1.